The predicted molar refractivity (Wildman–Crippen MR) is 184 cm³/mol. The van der Waals surface area contributed by atoms with Gasteiger partial charge in [0.05, 0.1) is 23.6 Å². The third-order valence-corrected chi connectivity index (χ3v) is 8.02. The van der Waals surface area contributed by atoms with Crippen molar-refractivity contribution in [2.45, 2.75) is 51.6 Å². The van der Waals surface area contributed by atoms with Gasteiger partial charge in [-0.3, -0.25) is 4.90 Å². The number of carbonyl (C=O) groups is 4. The summed E-state index contributed by atoms with van der Waals surface area (Å²) in [4.78, 5) is 47.3. The number of carboxylic acid groups (broad SMARTS) is 4. The molecular formula is C35H43ClN4O10. The van der Waals surface area contributed by atoms with E-state index in [0.29, 0.717) is 29.5 Å². The lowest BCUT2D eigenvalue weighted by molar-refractivity contribution is -0.134. The van der Waals surface area contributed by atoms with E-state index in [9.17, 15) is 19.2 Å². The highest BCUT2D eigenvalue weighted by Gasteiger charge is 2.25. The third kappa shape index (κ3) is 14.8. The number of carboxylic acids is 4. The van der Waals surface area contributed by atoms with Gasteiger partial charge in [0.25, 0.3) is 0 Å². The number of hydrogen-bond donors (Lipinski definition) is 4. The normalized spacial score (nSPS) is 15.0. The van der Waals surface area contributed by atoms with E-state index in [4.69, 9.17) is 41.3 Å². The molecule has 1 aliphatic heterocycles. The van der Waals surface area contributed by atoms with Crippen molar-refractivity contribution in [1.29, 1.82) is 0 Å². The van der Waals surface area contributed by atoms with Crippen molar-refractivity contribution < 1.29 is 48.9 Å². The van der Waals surface area contributed by atoms with Crippen LogP contribution in [-0.2, 0) is 38.7 Å². The molecule has 5 rings (SSSR count). The van der Waals surface area contributed by atoms with Crippen LogP contribution < -0.4 is 4.74 Å². The topological polar surface area (TPSA) is 204 Å². The van der Waals surface area contributed by atoms with Gasteiger partial charge in [-0.2, -0.15) is 0 Å². The summed E-state index contributed by atoms with van der Waals surface area (Å²) in [5.74, 6) is -2.64. The number of aryl methyl sites for hydroxylation is 1. The van der Waals surface area contributed by atoms with Crippen LogP contribution in [0.1, 0.15) is 49.1 Å². The minimum Gasteiger partial charge on any atom is -0.493 e. The number of piperidine rings is 1. The van der Waals surface area contributed by atoms with E-state index >= 15 is 0 Å². The lowest BCUT2D eigenvalue weighted by Crippen LogP contribution is -2.33. The maximum Gasteiger partial charge on any atom is 0.328 e. The Balaban J connectivity index is 0.000000352. The van der Waals surface area contributed by atoms with E-state index in [0.717, 1.165) is 91.1 Å². The number of likely N-dealkylation sites (tertiary alicyclic amines) is 1. The summed E-state index contributed by atoms with van der Waals surface area (Å²) in [6.07, 6.45) is 9.32. The summed E-state index contributed by atoms with van der Waals surface area (Å²) < 4.78 is 12.1. The number of aliphatic carboxylic acids is 4. The Morgan fingerprint density at radius 1 is 0.900 bits per heavy atom. The molecule has 1 saturated heterocycles. The summed E-state index contributed by atoms with van der Waals surface area (Å²) in [5.41, 5.74) is 4.13. The SMILES string of the molecule is CN(C)Cc1c(OCC2CC2)ccc2c(CCC3CCN(Cc4cccc(Cl)n4)CC3)noc12.O=C(O)/C=C/C(=O)O.O=C(O)/C=C/C(=O)O. The second-order valence-corrected chi connectivity index (χ2v) is 12.7. The Morgan fingerprint density at radius 3 is 2.02 bits per heavy atom. The molecule has 0 atom stereocenters. The number of fused-ring (bicyclic) bond motifs is 1. The van der Waals surface area contributed by atoms with E-state index in [1.165, 1.54) is 25.7 Å². The van der Waals surface area contributed by atoms with Gasteiger partial charge in [-0.25, -0.2) is 24.2 Å². The van der Waals surface area contributed by atoms with Crippen molar-refractivity contribution in [2.75, 3.05) is 33.8 Å². The van der Waals surface area contributed by atoms with E-state index in [1.54, 1.807) is 0 Å². The summed E-state index contributed by atoms with van der Waals surface area (Å²) >= 11 is 6.04. The van der Waals surface area contributed by atoms with Gasteiger partial charge in [-0.1, -0.05) is 22.8 Å². The zero-order valence-electron chi connectivity index (χ0n) is 28.0. The van der Waals surface area contributed by atoms with Crippen molar-refractivity contribution >= 4 is 46.4 Å². The largest absolute Gasteiger partial charge is 0.493 e. The quantitative estimate of drug-likeness (QED) is 0.128. The smallest absolute Gasteiger partial charge is 0.328 e. The highest BCUT2D eigenvalue weighted by Crippen LogP contribution is 2.35. The lowest BCUT2D eigenvalue weighted by atomic mass is 9.91. The molecule has 1 aromatic carbocycles. The number of pyridine rings is 1. The molecule has 2 aromatic heterocycles. The molecule has 3 aromatic rings. The summed E-state index contributed by atoms with van der Waals surface area (Å²) in [6, 6.07) is 10.1. The van der Waals surface area contributed by atoms with Crippen LogP contribution in [0.5, 0.6) is 5.75 Å². The van der Waals surface area contributed by atoms with Crippen LogP contribution in [0.3, 0.4) is 0 Å². The molecule has 270 valence electrons. The molecule has 1 saturated carbocycles. The van der Waals surface area contributed by atoms with Gasteiger partial charge in [-0.15, -0.1) is 0 Å². The molecule has 0 bridgehead atoms. The molecule has 4 N–H and O–H groups in total. The number of rotatable bonds is 14. The molecule has 0 radical (unpaired) electrons. The summed E-state index contributed by atoms with van der Waals surface area (Å²) in [5, 5.41) is 37.5. The number of aromatic nitrogens is 2. The molecule has 2 aliphatic rings. The average Bonchev–Trinajstić information content (AvgIpc) is 3.80. The van der Waals surface area contributed by atoms with Gasteiger partial charge in [-0.05, 0) is 102 Å². The average molecular weight is 715 g/mol. The molecular weight excluding hydrogens is 672 g/mol. The summed E-state index contributed by atoms with van der Waals surface area (Å²) in [7, 11) is 4.16. The third-order valence-electron chi connectivity index (χ3n) is 7.81. The van der Waals surface area contributed by atoms with Crippen molar-refractivity contribution in [2.24, 2.45) is 11.8 Å². The monoisotopic (exact) mass is 714 g/mol. The van der Waals surface area contributed by atoms with E-state index in [-0.39, 0.29) is 0 Å². The first kappa shape index (κ1) is 39.6. The molecule has 0 unspecified atom stereocenters. The maximum atomic E-state index is 9.55. The number of ether oxygens (including phenoxy) is 1. The standard InChI is InChI=1S/C27H35ClN4O2.2C4H4O4/c1-31(2)17-23-25(33-18-20-6-7-20)11-9-22-24(30-34-27(22)23)10-8-19-12-14-32(15-13-19)16-21-4-3-5-26(28)29-21;2*5-3(6)1-2-4(7)8/h3-5,9,11,19-20H,6-8,10,12-18H2,1-2H3;2*1-2H,(H,5,6)(H,7,8)/b;2*2-1+. The molecule has 3 heterocycles. The number of hydrogen-bond acceptors (Lipinski definition) is 10. The van der Waals surface area contributed by atoms with Crippen molar-refractivity contribution in [3.05, 3.63) is 76.7 Å². The Hall–Kier alpha value is -4.79. The molecule has 15 heteroatoms. The van der Waals surface area contributed by atoms with E-state index < -0.39 is 23.9 Å². The fourth-order valence-corrected chi connectivity index (χ4v) is 5.37. The molecule has 2 fully saturated rings. The fourth-order valence-electron chi connectivity index (χ4n) is 5.19. The highest BCUT2D eigenvalue weighted by molar-refractivity contribution is 6.29. The summed E-state index contributed by atoms with van der Waals surface area (Å²) in [6.45, 7) is 4.67. The molecule has 0 amide bonds. The highest BCUT2D eigenvalue weighted by atomic mass is 35.5. The second kappa shape index (κ2) is 20.0. The first-order chi connectivity index (χ1) is 23.8. The van der Waals surface area contributed by atoms with Crippen LogP contribution in [0.15, 0.2) is 59.2 Å². The first-order valence-corrected chi connectivity index (χ1v) is 16.5. The zero-order chi connectivity index (χ0) is 36.6. The molecule has 14 nitrogen and oxygen atoms in total. The molecule has 50 heavy (non-hydrogen) atoms. The molecule has 1 aliphatic carbocycles. The molecule has 0 spiro atoms. The Labute approximate surface area is 294 Å². The Kier molecular flexibility index (Phi) is 15.9. The van der Waals surface area contributed by atoms with Crippen LogP contribution >= 0.6 is 11.6 Å². The van der Waals surface area contributed by atoms with E-state index in [2.05, 4.69) is 52.2 Å². The van der Waals surface area contributed by atoms with Crippen LogP contribution in [0.25, 0.3) is 11.0 Å². The minimum absolute atomic E-state index is 0.558. The van der Waals surface area contributed by atoms with Gasteiger partial charge in [0.15, 0.2) is 5.58 Å². The van der Waals surface area contributed by atoms with Gasteiger partial charge in [0.2, 0.25) is 0 Å². The van der Waals surface area contributed by atoms with E-state index in [1.807, 2.05) is 12.1 Å². The first-order valence-electron chi connectivity index (χ1n) is 16.1. The van der Waals surface area contributed by atoms with Gasteiger partial charge < -0.3 is 34.6 Å². The maximum absolute atomic E-state index is 9.55. The number of benzene rings is 1. The fraction of sp³-hybridized carbons (Fsp3) is 0.429. The van der Waals surface area contributed by atoms with Crippen LogP contribution in [0, 0.1) is 11.8 Å². The van der Waals surface area contributed by atoms with Crippen molar-refractivity contribution in [1.82, 2.24) is 19.9 Å². The zero-order valence-corrected chi connectivity index (χ0v) is 28.8. The van der Waals surface area contributed by atoms with Gasteiger partial charge in [0, 0.05) is 42.8 Å². The van der Waals surface area contributed by atoms with Crippen LogP contribution in [0.2, 0.25) is 5.15 Å². The minimum atomic E-state index is -1.26. The van der Waals surface area contributed by atoms with Gasteiger partial charge >= 0.3 is 23.9 Å². The lowest BCUT2D eigenvalue weighted by Gasteiger charge is -2.31. The Morgan fingerprint density at radius 2 is 1.50 bits per heavy atom. The Bertz CT molecular complexity index is 1590. The van der Waals surface area contributed by atoms with Crippen molar-refractivity contribution in [3.63, 3.8) is 0 Å². The number of halogens is 1. The van der Waals surface area contributed by atoms with Crippen LogP contribution in [0.4, 0.5) is 0 Å². The second-order valence-electron chi connectivity index (χ2n) is 12.3. The van der Waals surface area contributed by atoms with Crippen LogP contribution in [-0.4, -0.2) is 98.0 Å². The predicted octanol–water partition coefficient (Wildman–Crippen LogP) is 5.00. The van der Waals surface area contributed by atoms with Gasteiger partial charge in [0.1, 0.15) is 10.9 Å². The van der Waals surface area contributed by atoms with Crippen molar-refractivity contribution in [3.8, 4) is 5.75 Å². The number of nitrogens with zero attached hydrogens (tertiary/aromatic N) is 4.